The second kappa shape index (κ2) is 13.2. The number of nitrogens with one attached hydrogen (secondary N) is 1. The van der Waals surface area contributed by atoms with Crippen LogP contribution in [0.5, 0.6) is 5.75 Å². The number of carbonyl (C=O) groups is 4. The van der Waals surface area contributed by atoms with E-state index in [1.807, 2.05) is 0 Å². The summed E-state index contributed by atoms with van der Waals surface area (Å²) in [6.07, 6.45) is -0.215. The molecule has 0 radical (unpaired) electrons. The van der Waals surface area contributed by atoms with Crippen LogP contribution in [-0.4, -0.2) is 79.8 Å². The second-order valence-electron chi connectivity index (χ2n) is 9.75. The molecule has 1 atom stereocenters. The minimum Gasteiger partial charge on any atom is -0.497 e. The first-order valence-corrected chi connectivity index (χ1v) is 13.0. The molecule has 220 valence electrons. The zero-order valence-corrected chi connectivity index (χ0v) is 23.0. The zero-order chi connectivity index (χ0) is 30.4. The zero-order valence-electron chi connectivity index (χ0n) is 23.0. The quantitative estimate of drug-likeness (QED) is 0.419. The van der Waals surface area contributed by atoms with Gasteiger partial charge in [0.25, 0.3) is 5.91 Å². The summed E-state index contributed by atoms with van der Waals surface area (Å²) < 4.78 is 46.1. The number of rotatable bonds is 9. The lowest BCUT2D eigenvalue weighted by Crippen LogP contribution is -2.56. The molecule has 0 aromatic heterocycles. The van der Waals surface area contributed by atoms with Crippen LogP contribution >= 0.6 is 0 Å². The van der Waals surface area contributed by atoms with Crippen LogP contribution in [-0.2, 0) is 20.8 Å². The first-order valence-electron chi connectivity index (χ1n) is 13.0. The Morgan fingerprint density at radius 1 is 0.929 bits per heavy atom. The molecule has 42 heavy (non-hydrogen) atoms. The third kappa shape index (κ3) is 7.45. The van der Waals surface area contributed by atoms with Gasteiger partial charge in [-0.05, 0) is 66.2 Å². The van der Waals surface area contributed by atoms with Gasteiger partial charge in [0.1, 0.15) is 35.8 Å². The fraction of sp³-hybridized carbons (Fsp3) is 0.267. The van der Waals surface area contributed by atoms with Crippen LogP contribution in [0.15, 0.2) is 66.7 Å². The Hall–Kier alpha value is -4.87. The Kier molecular flexibility index (Phi) is 9.46. The summed E-state index contributed by atoms with van der Waals surface area (Å²) in [5.41, 5.74) is 0.868. The molecule has 0 bridgehead atoms. The maximum Gasteiger partial charge on any atom is 0.254 e. The van der Waals surface area contributed by atoms with Gasteiger partial charge < -0.3 is 24.8 Å². The number of nitrogens with zero attached hydrogens (tertiary/aromatic N) is 3. The van der Waals surface area contributed by atoms with E-state index < -0.39 is 53.7 Å². The van der Waals surface area contributed by atoms with E-state index in [2.05, 4.69) is 5.32 Å². The van der Waals surface area contributed by atoms with Crippen molar-refractivity contribution in [2.75, 3.05) is 45.2 Å². The Bertz CT molecular complexity index is 1450. The highest BCUT2D eigenvalue weighted by molar-refractivity contribution is 6.00. The van der Waals surface area contributed by atoms with Crippen LogP contribution in [0.25, 0.3) is 0 Å². The van der Waals surface area contributed by atoms with Crippen LogP contribution in [0.3, 0.4) is 0 Å². The van der Waals surface area contributed by atoms with Gasteiger partial charge in [0, 0.05) is 43.9 Å². The maximum atomic E-state index is 13.9. The van der Waals surface area contributed by atoms with E-state index in [0.717, 1.165) is 24.3 Å². The van der Waals surface area contributed by atoms with E-state index >= 15 is 0 Å². The number of anilines is 1. The molecule has 9 nitrogen and oxygen atoms in total. The highest BCUT2D eigenvalue weighted by atomic mass is 19.1. The largest absolute Gasteiger partial charge is 0.497 e. The molecule has 12 heteroatoms. The van der Waals surface area contributed by atoms with Crippen molar-refractivity contribution in [3.8, 4) is 5.75 Å². The number of benzene rings is 3. The first-order chi connectivity index (χ1) is 20.0. The predicted octanol–water partition coefficient (Wildman–Crippen LogP) is 2.79. The molecular weight excluding hydrogens is 553 g/mol. The fourth-order valence-corrected chi connectivity index (χ4v) is 4.57. The topological polar surface area (TPSA) is 99.3 Å². The van der Waals surface area contributed by atoms with Gasteiger partial charge in [0.15, 0.2) is 0 Å². The Morgan fingerprint density at radius 3 is 2.17 bits per heavy atom. The van der Waals surface area contributed by atoms with Crippen molar-refractivity contribution in [2.24, 2.45) is 0 Å². The van der Waals surface area contributed by atoms with Gasteiger partial charge in [-0.2, -0.15) is 0 Å². The fourth-order valence-electron chi connectivity index (χ4n) is 4.57. The lowest BCUT2D eigenvalue weighted by Gasteiger charge is -2.34. The third-order valence-corrected chi connectivity index (χ3v) is 6.82. The summed E-state index contributed by atoms with van der Waals surface area (Å²) in [5.74, 6) is -3.73. The molecule has 1 saturated heterocycles. The SMILES string of the molecule is COc1ccc(N(C)C(=O)[C@H](Cc2cc(F)cc(F)c2)NC(=O)CN2CCN(C(=O)c3ccc(F)cc3)CC2=O)cc1. The van der Waals surface area contributed by atoms with Crippen LogP contribution < -0.4 is 15.0 Å². The highest BCUT2D eigenvalue weighted by Crippen LogP contribution is 2.20. The molecule has 0 unspecified atom stereocenters. The minimum atomic E-state index is -1.22. The van der Waals surface area contributed by atoms with Crippen LogP contribution in [0.1, 0.15) is 15.9 Å². The van der Waals surface area contributed by atoms with E-state index in [9.17, 15) is 32.3 Å². The van der Waals surface area contributed by atoms with Crippen molar-refractivity contribution in [3.63, 3.8) is 0 Å². The third-order valence-electron chi connectivity index (χ3n) is 6.82. The standard InChI is InChI=1S/C30H29F3N4O5/c1-35(24-7-9-25(42-2)10-8-24)30(41)26(15-19-13-22(32)16-23(33)14-19)34-27(38)17-36-11-12-37(18-28(36)39)29(40)20-3-5-21(31)6-4-20/h3-10,13-14,16,26H,11-12,15,17-18H2,1-2H3,(H,34,38)/t26-/m0/s1. The normalized spacial score (nSPS) is 13.9. The van der Waals surface area contributed by atoms with E-state index in [0.29, 0.717) is 17.5 Å². The van der Waals surface area contributed by atoms with E-state index in [1.54, 1.807) is 24.3 Å². The van der Waals surface area contributed by atoms with Gasteiger partial charge in [-0.15, -0.1) is 0 Å². The number of hydrogen-bond donors (Lipinski definition) is 1. The number of hydrogen-bond acceptors (Lipinski definition) is 5. The molecule has 1 fully saturated rings. The molecule has 1 heterocycles. The number of amides is 4. The summed E-state index contributed by atoms with van der Waals surface area (Å²) in [5, 5.41) is 2.60. The molecule has 3 aromatic rings. The van der Waals surface area contributed by atoms with Crippen molar-refractivity contribution >= 4 is 29.3 Å². The number of likely N-dealkylation sites (N-methyl/N-ethyl adjacent to an activating group) is 1. The first kappa shape index (κ1) is 30.1. The molecule has 0 spiro atoms. The van der Waals surface area contributed by atoms with Gasteiger partial charge in [0.2, 0.25) is 17.7 Å². The predicted molar refractivity (Wildman–Crippen MR) is 147 cm³/mol. The van der Waals surface area contributed by atoms with Crippen LogP contribution in [0.2, 0.25) is 0 Å². The van der Waals surface area contributed by atoms with Crippen molar-refractivity contribution < 1.29 is 37.1 Å². The van der Waals surface area contributed by atoms with Crippen LogP contribution in [0, 0.1) is 17.5 Å². The Balaban J connectivity index is 1.44. The van der Waals surface area contributed by atoms with Crippen LogP contribution in [0.4, 0.5) is 18.9 Å². The average molecular weight is 583 g/mol. The van der Waals surface area contributed by atoms with Gasteiger partial charge in [-0.3, -0.25) is 19.2 Å². The van der Waals surface area contributed by atoms with Gasteiger partial charge >= 0.3 is 0 Å². The number of halogens is 3. The summed E-state index contributed by atoms with van der Waals surface area (Å²) in [6, 6.07) is 13.2. The average Bonchev–Trinajstić information content (AvgIpc) is 2.96. The Labute approximate surface area is 240 Å². The van der Waals surface area contributed by atoms with Crippen molar-refractivity contribution in [3.05, 3.63) is 95.3 Å². The Morgan fingerprint density at radius 2 is 1.57 bits per heavy atom. The number of carbonyl (C=O) groups excluding carboxylic acids is 4. The maximum absolute atomic E-state index is 13.9. The lowest BCUT2D eigenvalue weighted by molar-refractivity contribution is -0.139. The highest BCUT2D eigenvalue weighted by Gasteiger charge is 2.31. The van der Waals surface area contributed by atoms with Gasteiger partial charge in [-0.25, -0.2) is 13.2 Å². The van der Waals surface area contributed by atoms with Gasteiger partial charge in [-0.1, -0.05) is 0 Å². The summed E-state index contributed by atoms with van der Waals surface area (Å²) in [7, 11) is 3.00. The number of ether oxygens (including phenoxy) is 1. The van der Waals surface area contributed by atoms with E-state index in [1.165, 1.54) is 41.0 Å². The van der Waals surface area contributed by atoms with Crippen molar-refractivity contribution in [2.45, 2.75) is 12.5 Å². The van der Waals surface area contributed by atoms with Crippen molar-refractivity contribution in [1.82, 2.24) is 15.1 Å². The lowest BCUT2D eigenvalue weighted by atomic mass is 10.0. The molecule has 1 aliphatic heterocycles. The summed E-state index contributed by atoms with van der Waals surface area (Å²) in [6.45, 7) is -0.487. The smallest absolute Gasteiger partial charge is 0.254 e. The van der Waals surface area contributed by atoms with E-state index in [4.69, 9.17) is 4.74 Å². The molecular formula is C30H29F3N4O5. The summed E-state index contributed by atoms with van der Waals surface area (Å²) >= 11 is 0. The van der Waals surface area contributed by atoms with Gasteiger partial charge in [0.05, 0.1) is 13.7 Å². The van der Waals surface area contributed by atoms with Crippen molar-refractivity contribution in [1.29, 1.82) is 0 Å². The molecule has 0 saturated carbocycles. The number of methoxy groups -OCH3 is 1. The molecule has 4 rings (SSSR count). The molecule has 4 amide bonds. The molecule has 3 aromatic carbocycles. The monoisotopic (exact) mass is 582 g/mol. The number of piperazine rings is 1. The summed E-state index contributed by atoms with van der Waals surface area (Å²) in [4.78, 5) is 55.9. The molecule has 1 aliphatic rings. The molecule has 0 aliphatic carbocycles. The second-order valence-corrected chi connectivity index (χ2v) is 9.75. The van der Waals surface area contributed by atoms with E-state index in [-0.39, 0.29) is 37.2 Å². The minimum absolute atomic E-state index is 0.0542. The molecule has 1 N–H and O–H groups in total.